The minimum absolute atomic E-state index is 0.0102. The van der Waals surface area contributed by atoms with Gasteiger partial charge in [-0.25, -0.2) is 18.6 Å². The third-order valence-electron chi connectivity index (χ3n) is 6.52. The number of methoxy groups -OCH3 is 1. The minimum atomic E-state index is -1.05. The Bertz CT molecular complexity index is 1790. The van der Waals surface area contributed by atoms with Crippen LogP contribution in [0.15, 0.2) is 71.7 Å². The molecule has 11 nitrogen and oxygen atoms in total. The van der Waals surface area contributed by atoms with Gasteiger partial charge in [0.2, 0.25) is 11.8 Å². The molecule has 4 rings (SSSR count). The number of pyridine rings is 1. The van der Waals surface area contributed by atoms with E-state index in [4.69, 9.17) is 4.74 Å². The Labute approximate surface area is 261 Å². The SMILES string of the molecule is COC(=O)N[C@@H](CC/C=C/C(=O)N(C)C)C(=O)Nc1cccn(Cc2nc3cccc(OCc4ccc(F)cc4F)c3s2)c1=O. The average molecular weight is 640 g/mol. The number of halogens is 2. The molecule has 0 spiro atoms. The van der Waals surface area contributed by atoms with Crippen LogP contribution in [0.25, 0.3) is 10.2 Å². The van der Waals surface area contributed by atoms with Crippen molar-refractivity contribution in [3.63, 3.8) is 0 Å². The number of aromatic nitrogens is 2. The molecule has 236 valence electrons. The molecule has 2 aromatic carbocycles. The van der Waals surface area contributed by atoms with Gasteiger partial charge in [-0.1, -0.05) is 12.1 Å². The number of anilines is 1. The number of alkyl carbamates (subject to hydrolysis) is 1. The van der Waals surface area contributed by atoms with Gasteiger partial charge < -0.3 is 29.6 Å². The second kappa shape index (κ2) is 15.1. The summed E-state index contributed by atoms with van der Waals surface area (Å²) in [6, 6.07) is 10.5. The molecular formula is C31H31F2N5O6S. The van der Waals surface area contributed by atoms with E-state index in [1.807, 2.05) is 0 Å². The van der Waals surface area contributed by atoms with E-state index in [1.165, 1.54) is 39.0 Å². The largest absolute Gasteiger partial charge is 0.487 e. The number of benzene rings is 2. The fraction of sp³-hybridized carbons (Fsp3) is 0.258. The lowest BCUT2D eigenvalue weighted by Crippen LogP contribution is -2.44. The maximum Gasteiger partial charge on any atom is 0.407 e. The molecule has 0 unspecified atom stereocenters. The molecular weight excluding hydrogens is 608 g/mol. The van der Waals surface area contributed by atoms with Gasteiger partial charge in [0.05, 0.1) is 23.9 Å². The van der Waals surface area contributed by atoms with E-state index in [0.29, 0.717) is 27.4 Å². The number of nitrogens with zero attached hydrogens (tertiary/aromatic N) is 3. The topological polar surface area (TPSA) is 132 Å². The first-order valence-electron chi connectivity index (χ1n) is 13.7. The lowest BCUT2D eigenvalue weighted by Gasteiger charge is -2.17. The highest BCUT2D eigenvalue weighted by molar-refractivity contribution is 7.19. The highest BCUT2D eigenvalue weighted by Crippen LogP contribution is 2.32. The molecule has 0 aliphatic heterocycles. The molecule has 2 heterocycles. The fourth-order valence-corrected chi connectivity index (χ4v) is 5.16. The summed E-state index contributed by atoms with van der Waals surface area (Å²) in [5.41, 5.74) is 0.303. The van der Waals surface area contributed by atoms with Crippen LogP contribution in [0, 0.1) is 11.6 Å². The number of fused-ring (bicyclic) bond motifs is 1. The quantitative estimate of drug-likeness (QED) is 0.219. The van der Waals surface area contributed by atoms with Crippen molar-refractivity contribution < 1.29 is 32.6 Å². The number of carbonyl (C=O) groups is 3. The summed E-state index contributed by atoms with van der Waals surface area (Å²) in [7, 11) is 4.38. The molecule has 4 aromatic rings. The summed E-state index contributed by atoms with van der Waals surface area (Å²) in [5, 5.41) is 5.60. The predicted molar refractivity (Wildman–Crippen MR) is 165 cm³/mol. The smallest absolute Gasteiger partial charge is 0.407 e. The Hall–Kier alpha value is -5.11. The standard InChI is InChI=1S/C31H31F2N5O6S/c1-37(2)27(39)12-5-4-8-23(36-31(42)43-3)29(40)35-24-10-7-15-38(30(24)41)17-26-34-22-9-6-11-25(28(22)45-26)44-18-19-13-14-20(32)16-21(19)33/h5-7,9-16,23H,4,8,17-18H2,1-3H3,(H,35,40)(H,36,42)/b12-5+/t23-/m0/s1. The number of ether oxygens (including phenoxy) is 2. The minimum Gasteiger partial charge on any atom is -0.487 e. The van der Waals surface area contributed by atoms with Crippen molar-refractivity contribution in [2.75, 3.05) is 26.5 Å². The van der Waals surface area contributed by atoms with Crippen LogP contribution >= 0.6 is 11.3 Å². The number of likely N-dealkylation sites (N-methyl/N-ethyl adjacent to an activating group) is 1. The van der Waals surface area contributed by atoms with E-state index in [2.05, 4.69) is 20.4 Å². The van der Waals surface area contributed by atoms with E-state index in [0.717, 1.165) is 19.2 Å². The number of rotatable bonds is 12. The molecule has 2 N–H and O–H groups in total. The summed E-state index contributed by atoms with van der Waals surface area (Å²) in [6.45, 7) is -0.0293. The number of carbonyl (C=O) groups excluding carboxylic acids is 3. The van der Waals surface area contributed by atoms with Gasteiger partial charge in [-0.15, -0.1) is 11.3 Å². The third-order valence-corrected chi connectivity index (χ3v) is 7.59. The Morgan fingerprint density at radius 2 is 1.93 bits per heavy atom. The number of thiazole rings is 1. The van der Waals surface area contributed by atoms with Crippen LogP contribution in [0.4, 0.5) is 19.3 Å². The van der Waals surface area contributed by atoms with E-state index in [9.17, 15) is 28.0 Å². The molecule has 45 heavy (non-hydrogen) atoms. The van der Waals surface area contributed by atoms with E-state index in [1.54, 1.807) is 50.6 Å². The highest BCUT2D eigenvalue weighted by atomic mass is 32.1. The zero-order valence-electron chi connectivity index (χ0n) is 24.7. The Morgan fingerprint density at radius 3 is 2.67 bits per heavy atom. The first-order chi connectivity index (χ1) is 21.5. The summed E-state index contributed by atoms with van der Waals surface area (Å²) in [5.74, 6) is -1.79. The van der Waals surface area contributed by atoms with Crippen LogP contribution in [-0.2, 0) is 27.5 Å². The van der Waals surface area contributed by atoms with Gasteiger partial charge in [-0.2, -0.15) is 0 Å². The monoisotopic (exact) mass is 639 g/mol. The van der Waals surface area contributed by atoms with Gasteiger partial charge in [0, 0.05) is 31.9 Å². The average Bonchev–Trinajstić information content (AvgIpc) is 3.43. The molecule has 3 amide bonds. The van der Waals surface area contributed by atoms with Crippen molar-refractivity contribution in [3.8, 4) is 5.75 Å². The summed E-state index contributed by atoms with van der Waals surface area (Å²) in [6.07, 6.45) is 4.12. The number of hydrogen-bond donors (Lipinski definition) is 2. The molecule has 0 saturated heterocycles. The summed E-state index contributed by atoms with van der Waals surface area (Å²) >= 11 is 1.29. The molecule has 2 aromatic heterocycles. The van der Waals surface area contributed by atoms with Crippen LogP contribution in [-0.4, -0.2) is 59.6 Å². The summed E-state index contributed by atoms with van der Waals surface area (Å²) in [4.78, 5) is 56.0. The Morgan fingerprint density at radius 1 is 1.13 bits per heavy atom. The normalized spacial score (nSPS) is 11.8. The second-order valence-corrected chi connectivity index (χ2v) is 11.1. The molecule has 0 bridgehead atoms. The van der Waals surface area contributed by atoms with Crippen molar-refractivity contribution in [2.24, 2.45) is 0 Å². The van der Waals surface area contributed by atoms with Crippen LogP contribution in [0.3, 0.4) is 0 Å². The van der Waals surface area contributed by atoms with Gasteiger partial charge in [0.15, 0.2) is 0 Å². The fourth-order valence-electron chi connectivity index (χ4n) is 4.13. The van der Waals surface area contributed by atoms with Gasteiger partial charge in [0.1, 0.15) is 40.7 Å². The lowest BCUT2D eigenvalue weighted by molar-refractivity contribution is -0.123. The number of hydrogen-bond acceptors (Lipinski definition) is 8. The lowest BCUT2D eigenvalue weighted by atomic mass is 10.1. The van der Waals surface area contributed by atoms with E-state index in [-0.39, 0.29) is 36.7 Å². The molecule has 0 aliphatic carbocycles. The van der Waals surface area contributed by atoms with Crippen molar-refractivity contribution in [2.45, 2.75) is 32.0 Å². The molecule has 0 aliphatic rings. The number of amides is 3. The first-order valence-corrected chi connectivity index (χ1v) is 14.5. The summed E-state index contributed by atoms with van der Waals surface area (Å²) < 4.78 is 39.8. The van der Waals surface area contributed by atoms with Gasteiger partial charge in [0.25, 0.3) is 5.56 Å². The zero-order chi connectivity index (χ0) is 32.5. The van der Waals surface area contributed by atoms with Crippen LogP contribution in [0.2, 0.25) is 0 Å². The van der Waals surface area contributed by atoms with E-state index >= 15 is 0 Å². The van der Waals surface area contributed by atoms with Crippen molar-refractivity contribution >= 4 is 45.1 Å². The molecule has 0 fully saturated rings. The van der Waals surface area contributed by atoms with Crippen LogP contribution in [0.5, 0.6) is 5.75 Å². The van der Waals surface area contributed by atoms with Gasteiger partial charge in [-0.3, -0.25) is 14.4 Å². The van der Waals surface area contributed by atoms with Crippen molar-refractivity contribution in [1.82, 2.24) is 19.8 Å². The van der Waals surface area contributed by atoms with Crippen molar-refractivity contribution in [1.29, 1.82) is 0 Å². The van der Waals surface area contributed by atoms with Gasteiger partial charge in [-0.05, 0) is 55.3 Å². The zero-order valence-corrected chi connectivity index (χ0v) is 25.5. The van der Waals surface area contributed by atoms with Crippen LogP contribution in [0.1, 0.15) is 23.4 Å². The van der Waals surface area contributed by atoms with Crippen molar-refractivity contribution in [3.05, 3.63) is 99.4 Å². The maximum atomic E-state index is 14.1. The van der Waals surface area contributed by atoms with Crippen LogP contribution < -0.4 is 20.9 Å². The van der Waals surface area contributed by atoms with Gasteiger partial charge >= 0.3 is 6.09 Å². The molecule has 1 atom stereocenters. The third kappa shape index (κ3) is 8.72. The predicted octanol–water partition coefficient (Wildman–Crippen LogP) is 4.45. The second-order valence-electron chi connectivity index (χ2n) is 9.98. The van der Waals surface area contributed by atoms with E-state index < -0.39 is 35.2 Å². The Kier molecular flexibility index (Phi) is 11.0. The molecule has 14 heteroatoms. The molecule has 0 radical (unpaired) electrons. The number of nitrogens with one attached hydrogen (secondary N) is 2. The Balaban J connectivity index is 1.47. The highest BCUT2D eigenvalue weighted by Gasteiger charge is 2.22. The number of allylic oxidation sites excluding steroid dienone is 1. The maximum absolute atomic E-state index is 14.1. The molecule has 0 saturated carbocycles. The first kappa shape index (κ1) is 32.8.